The van der Waals surface area contributed by atoms with Crippen LogP contribution in [0.3, 0.4) is 0 Å². The summed E-state index contributed by atoms with van der Waals surface area (Å²) in [5.41, 5.74) is 1.23. The van der Waals surface area contributed by atoms with Crippen LogP contribution in [-0.4, -0.2) is 14.5 Å². The molecule has 0 aliphatic heterocycles. The summed E-state index contributed by atoms with van der Waals surface area (Å²) in [6.07, 6.45) is 3.90. The Morgan fingerprint density at radius 1 is 1.56 bits per heavy atom. The van der Waals surface area contributed by atoms with Gasteiger partial charge in [-0.1, -0.05) is 13.8 Å². The average Bonchev–Trinajstić information content (AvgIpc) is 2.76. The van der Waals surface area contributed by atoms with E-state index in [1.54, 1.807) is 11.3 Å². The van der Waals surface area contributed by atoms with Gasteiger partial charge in [-0.2, -0.15) is 0 Å². The van der Waals surface area contributed by atoms with Gasteiger partial charge in [0.05, 0.1) is 6.54 Å². The zero-order valence-corrected chi connectivity index (χ0v) is 11.3. The van der Waals surface area contributed by atoms with E-state index in [2.05, 4.69) is 35.3 Å². The average molecular weight is 253 g/mol. The van der Waals surface area contributed by atoms with Crippen LogP contribution in [0.5, 0.6) is 0 Å². The minimum absolute atomic E-state index is 0.467. The number of aryl methyl sites for hydroxylation is 1. The molecule has 0 radical (unpaired) electrons. The van der Waals surface area contributed by atoms with E-state index >= 15 is 0 Å². The van der Waals surface area contributed by atoms with Crippen molar-refractivity contribution in [3.05, 3.63) is 32.7 Å². The molecular weight excluding hydrogens is 238 g/mol. The smallest absolute Gasteiger partial charge is 0.177 e. The molecule has 2 rings (SSSR count). The molecular formula is C11H15N3S2. The number of aromatic amines is 1. The maximum atomic E-state index is 5.28. The molecule has 0 saturated carbocycles. The first-order valence-electron chi connectivity index (χ1n) is 5.27. The summed E-state index contributed by atoms with van der Waals surface area (Å²) in [7, 11) is 0. The minimum atomic E-state index is 0.467. The molecule has 1 N–H and O–H groups in total. The van der Waals surface area contributed by atoms with Crippen molar-refractivity contribution in [2.75, 3.05) is 0 Å². The van der Waals surface area contributed by atoms with E-state index in [1.807, 2.05) is 12.4 Å². The van der Waals surface area contributed by atoms with Crippen molar-refractivity contribution >= 4 is 23.6 Å². The van der Waals surface area contributed by atoms with Crippen LogP contribution in [0.25, 0.3) is 0 Å². The van der Waals surface area contributed by atoms with Crippen molar-refractivity contribution in [1.29, 1.82) is 0 Å². The van der Waals surface area contributed by atoms with Crippen LogP contribution < -0.4 is 0 Å². The number of nitrogens with one attached hydrogen (secondary N) is 1. The Morgan fingerprint density at radius 3 is 2.88 bits per heavy atom. The van der Waals surface area contributed by atoms with Gasteiger partial charge in [0.1, 0.15) is 5.01 Å². The number of thiazole rings is 1. The topological polar surface area (TPSA) is 33.6 Å². The zero-order valence-electron chi connectivity index (χ0n) is 9.65. The quantitative estimate of drug-likeness (QED) is 0.850. The molecule has 0 bridgehead atoms. The van der Waals surface area contributed by atoms with Crippen LogP contribution in [-0.2, 0) is 6.54 Å². The SMILES string of the molecule is Cc1cnc(Cn2c(C(C)C)c[nH]c2=S)s1. The lowest BCUT2D eigenvalue weighted by Gasteiger charge is -2.08. The fraction of sp³-hybridized carbons (Fsp3) is 0.455. The Kier molecular flexibility index (Phi) is 3.25. The van der Waals surface area contributed by atoms with Gasteiger partial charge in [0.2, 0.25) is 0 Å². The Morgan fingerprint density at radius 2 is 2.31 bits per heavy atom. The van der Waals surface area contributed by atoms with Gasteiger partial charge in [0.25, 0.3) is 0 Å². The summed E-state index contributed by atoms with van der Waals surface area (Å²) in [6, 6.07) is 0. The molecule has 0 unspecified atom stereocenters. The van der Waals surface area contributed by atoms with Gasteiger partial charge in [0, 0.05) is 23.0 Å². The standard InChI is InChI=1S/C11H15N3S2/c1-7(2)9-5-13-11(15)14(9)6-10-12-4-8(3)16-10/h4-5,7H,6H2,1-3H3,(H,13,15). The molecule has 0 saturated heterocycles. The highest BCUT2D eigenvalue weighted by Gasteiger charge is 2.09. The third-order valence-electron chi connectivity index (χ3n) is 2.45. The number of hydrogen-bond acceptors (Lipinski definition) is 3. The third-order valence-corrected chi connectivity index (χ3v) is 3.69. The Bertz CT molecular complexity index is 533. The van der Waals surface area contributed by atoms with Gasteiger partial charge >= 0.3 is 0 Å². The predicted molar refractivity (Wildman–Crippen MR) is 69.7 cm³/mol. The summed E-state index contributed by atoms with van der Waals surface area (Å²) in [4.78, 5) is 8.71. The monoisotopic (exact) mass is 253 g/mol. The molecule has 0 aromatic carbocycles. The molecule has 2 aromatic heterocycles. The fourth-order valence-corrected chi connectivity index (χ4v) is 2.67. The second kappa shape index (κ2) is 4.51. The van der Waals surface area contributed by atoms with Crippen molar-refractivity contribution in [3.8, 4) is 0 Å². The number of imidazole rings is 1. The van der Waals surface area contributed by atoms with E-state index in [0.29, 0.717) is 5.92 Å². The molecule has 0 atom stereocenters. The molecule has 0 fully saturated rings. The van der Waals surface area contributed by atoms with Crippen molar-refractivity contribution in [2.24, 2.45) is 0 Å². The van der Waals surface area contributed by atoms with E-state index in [1.165, 1.54) is 10.6 Å². The molecule has 0 spiro atoms. The lowest BCUT2D eigenvalue weighted by atomic mass is 10.1. The summed E-state index contributed by atoms with van der Waals surface area (Å²) in [5.74, 6) is 0.467. The summed E-state index contributed by atoms with van der Waals surface area (Å²) < 4.78 is 2.90. The van der Waals surface area contributed by atoms with E-state index in [0.717, 1.165) is 16.3 Å². The summed E-state index contributed by atoms with van der Waals surface area (Å²) >= 11 is 7.01. The number of hydrogen-bond donors (Lipinski definition) is 1. The molecule has 16 heavy (non-hydrogen) atoms. The molecule has 0 aliphatic rings. The fourth-order valence-electron chi connectivity index (χ4n) is 1.66. The maximum Gasteiger partial charge on any atom is 0.177 e. The first kappa shape index (κ1) is 11.5. The molecule has 0 amide bonds. The number of rotatable bonds is 3. The third kappa shape index (κ3) is 2.25. The number of H-pyrrole nitrogens is 1. The van der Waals surface area contributed by atoms with Crippen LogP contribution in [0.4, 0.5) is 0 Å². The van der Waals surface area contributed by atoms with Crippen LogP contribution in [0.15, 0.2) is 12.4 Å². The van der Waals surface area contributed by atoms with Gasteiger partial charge < -0.3 is 9.55 Å². The number of aromatic nitrogens is 3. The van der Waals surface area contributed by atoms with Crippen LogP contribution >= 0.6 is 23.6 Å². The lowest BCUT2D eigenvalue weighted by molar-refractivity contribution is 0.682. The normalized spacial score (nSPS) is 11.2. The molecule has 2 heterocycles. The lowest BCUT2D eigenvalue weighted by Crippen LogP contribution is -2.05. The van der Waals surface area contributed by atoms with E-state index < -0.39 is 0 Å². The highest BCUT2D eigenvalue weighted by molar-refractivity contribution is 7.71. The summed E-state index contributed by atoms with van der Waals surface area (Å²) in [5, 5.41) is 1.11. The molecule has 5 heteroatoms. The van der Waals surface area contributed by atoms with Crippen molar-refractivity contribution in [1.82, 2.24) is 14.5 Å². The maximum absolute atomic E-state index is 5.28. The number of nitrogens with zero attached hydrogens (tertiary/aromatic N) is 2. The highest BCUT2D eigenvalue weighted by Crippen LogP contribution is 2.18. The Balaban J connectivity index is 2.33. The zero-order chi connectivity index (χ0) is 11.7. The second-order valence-corrected chi connectivity index (χ2v) is 5.83. The molecule has 3 nitrogen and oxygen atoms in total. The van der Waals surface area contributed by atoms with Gasteiger partial charge in [-0.15, -0.1) is 11.3 Å². The van der Waals surface area contributed by atoms with E-state index in [-0.39, 0.29) is 0 Å². The van der Waals surface area contributed by atoms with Crippen molar-refractivity contribution in [3.63, 3.8) is 0 Å². The van der Waals surface area contributed by atoms with Gasteiger partial charge in [-0.05, 0) is 25.1 Å². The highest BCUT2D eigenvalue weighted by atomic mass is 32.1. The Hall–Kier alpha value is -0.940. The van der Waals surface area contributed by atoms with Crippen molar-refractivity contribution in [2.45, 2.75) is 33.2 Å². The van der Waals surface area contributed by atoms with Gasteiger partial charge in [0.15, 0.2) is 4.77 Å². The van der Waals surface area contributed by atoms with E-state index in [9.17, 15) is 0 Å². The molecule has 0 aliphatic carbocycles. The molecule has 86 valence electrons. The second-order valence-electron chi connectivity index (χ2n) is 4.12. The first-order chi connectivity index (χ1) is 7.58. The van der Waals surface area contributed by atoms with Crippen molar-refractivity contribution < 1.29 is 0 Å². The van der Waals surface area contributed by atoms with Gasteiger partial charge in [-0.25, -0.2) is 4.98 Å². The predicted octanol–water partition coefficient (Wildman–Crippen LogP) is 3.48. The van der Waals surface area contributed by atoms with Crippen LogP contribution in [0.2, 0.25) is 0 Å². The van der Waals surface area contributed by atoms with E-state index in [4.69, 9.17) is 12.2 Å². The summed E-state index contributed by atoms with van der Waals surface area (Å²) in [6.45, 7) is 7.18. The first-order valence-corrected chi connectivity index (χ1v) is 6.50. The largest absolute Gasteiger partial charge is 0.337 e. The van der Waals surface area contributed by atoms with Gasteiger partial charge in [-0.3, -0.25) is 0 Å². The Labute approximate surface area is 104 Å². The van der Waals surface area contributed by atoms with Crippen LogP contribution in [0.1, 0.15) is 35.3 Å². The minimum Gasteiger partial charge on any atom is -0.337 e. The van der Waals surface area contributed by atoms with Crippen LogP contribution in [0, 0.1) is 11.7 Å². The molecule has 2 aromatic rings.